The Morgan fingerprint density at radius 1 is 1.05 bits per heavy atom. The molecule has 22 heavy (non-hydrogen) atoms. The Kier molecular flexibility index (Phi) is 3.06. The van der Waals surface area contributed by atoms with Gasteiger partial charge in [-0.15, -0.1) is 0 Å². The van der Waals surface area contributed by atoms with Crippen molar-refractivity contribution in [1.82, 2.24) is 4.90 Å². The number of likely N-dealkylation sites (tertiary alicyclic amines) is 1. The van der Waals surface area contributed by atoms with Gasteiger partial charge in [-0.25, -0.2) is 0 Å². The van der Waals surface area contributed by atoms with Gasteiger partial charge in [0.05, 0.1) is 0 Å². The van der Waals surface area contributed by atoms with Crippen molar-refractivity contribution in [2.45, 2.75) is 71.3 Å². The Morgan fingerprint density at radius 2 is 1.82 bits per heavy atom. The third kappa shape index (κ3) is 1.80. The molecule has 4 aliphatic rings. The van der Waals surface area contributed by atoms with Crippen LogP contribution in [-0.2, 0) is 9.59 Å². The third-order valence-electron chi connectivity index (χ3n) is 8.12. The molecule has 0 spiro atoms. The minimum absolute atomic E-state index is 0.276. The third-order valence-corrected chi connectivity index (χ3v) is 8.12. The maximum Gasteiger partial charge on any atom is 0.222 e. The standard InChI is InChI=1S/C19H29NO2/c1-18-8-6-14-13(15(18)10-12(21)11-18)4-5-16-19(14,2)9-7-17(22)20(16)3/h13-16H,4-11H2,1-3H3/t13?,14?,15?,16?,18-,19-/m1/s1. The zero-order chi connectivity index (χ0) is 15.7. The first-order chi connectivity index (χ1) is 10.3. The lowest BCUT2D eigenvalue weighted by molar-refractivity contribution is -0.156. The van der Waals surface area contributed by atoms with E-state index in [9.17, 15) is 9.59 Å². The van der Waals surface area contributed by atoms with Gasteiger partial charge >= 0.3 is 0 Å². The normalized spacial score (nSPS) is 51.3. The molecule has 3 heteroatoms. The molecule has 4 fully saturated rings. The van der Waals surface area contributed by atoms with Crippen molar-refractivity contribution < 1.29 is 9.59 Å². The van der Waals surface area contributed by atoms with Crippen LogP contribution in [0.4, 0.5) is 0 Å². The largest absolute Gasteiger partial charge is 0.342 e. The molecule has 1 amide bonds. The quantitative estimate of drug-likeness (QED) is 0.687. The molecule has 4 rings (SSSR count). The molecule has 1 aliphatic heterocycles. The van der Waals surface area contributed by atoms with Crippen LogP contribution in [0.25, 0.3) is 0 Å². The van der Waals surface area contributed by atoms with E-state index in [2.05, 4.69) is 13.8 Å². The molecule has 3 nitrogen and oxygen atoms in total. The van der Waals surface area contributed by atoms with Gasteiger partial charge in [-0.2, -0.15) is 0 Å². The van der Waals surface area contributed by atoms with Gasteiger partial charge in [0, 0.05) is 32.4 Å². The zero-order valence-electron chi connectivity index (χ0n) is 14.2. The first-order valence-corrected chi connectivity index (χ1v) is 9.12. The van der Waals surface area contributed by atoms with Crippen LogP contribution in [0.2, 0.25) is 0 Å². The van der Waals surface area contributed by atoms with Gasteiger partial charge in [0.25, 0.3) is 0 Å². The van der Waals surface area contributed by atoms with Gasteiger partial charge in [-0.3, -0.25) is 9.59 Å². The summed E-state index contributed by atoms with van der Waals surface area (Å²) in [4.78, 5) is 26.3. The fourth-order valence-corrected chi connectivity index (χ4v) is 6.93. The minimum Gasteiger partial charge on any atom is -0.342 e. The highest BCUT2D eigenvalue weighted by Gasteiger charge is 2.60. The average Bonchev–Trinajstić information content (AvgIpc) is 2.78. The predicted octanol–water partition coefficient (Wildman–Crippen LogP) is 3.42. The number of hydrogen-bond acceptors (Lipinski definition) is 2. The van der Waals surface area contributed by atoms with Gasteiger partial charge < -0.3 is 4.90 Å². The van der Waals surface area contributed by atoms with E-state index in [0.717, 1.165) is 25.7 Å². The molecule has 6 atom stereocenters. The average molecular weight is 303 g/mol. The summed E-state index contributed by atoms with van der Waals surface area (Å²) in [5.41, 5.74) is 0.552. The highest BCUT2D eigenvalue weighted by Crippen LogP contribution is 2.64. The van der Waals surface area contributed by atoms with E-state index >= 15 is 0 Å². The van der Waals surface area contributed by atoms with Crippen molar-refractivity contribution in [3.05, 3.63) is 0 Å². The second kappa shape index (κ2) is 4.58. The maximum atomic E-state index is 12.1. The maximum absolute atomic E-state index is 12.1. The lowest BCUT2D eigenvalue weighted by Crippen LogP contribution is -2.61. The summed E-state index contributed by atoms with van der Waals surface area (Å²) in [6.07, 6.45) is 8.25. The van der Waals surface area contributed by atoms with E-state index < -0.39 is 0 Å². The Bertz CT molecular complexity index is 530. The second-order valence-electron chi connectivity index (χ2n) is 9.09. The highest BCUT2D eigenvalue weighted by atomic mass is 16.2. The summed E-state index contributed by atoms with van der Waals surface area (Å²) >= 11 is 0. The number of carbonyl (C=O) groups excluding carboxylic acids is 2. The van der Waals surface area contributed by atoms with Gasteiger partial charge in [-0.1, -0.05) is 13.8 Å². The summed E-state index contributed by atoms with van der Waals surface area (Å²) in [5.74, 6) is 2.87. The van der Waals surface area contributed by atoms with E-state index in [1.54, 1.807) is 0 Å². The van der Waals surface area contributed by atoms with E-state index in [1.165, 1.54) is 19.3 Å². The zero-order valence-corrected chi connectivity index (χ0v) is 14.2. The summed E-state index contributed by atoms with van der Waals surface area (Å²) in [5, 5.41) is 0. The van der Waals surface area contributed by atoms with Crippen LogP contribution in [0.3, 0.4) is 0 Å². The van der Waals surface area contributed by atoms with E-state index in [-0.39, 0.29) is 10.8 Å². The van der Waals surface area contributed by atoms with Crippen molar-refractivity contribution >= 4 is 11.7 Å². The Balaban J connectivity index is 1.66. The number of ketones is 1. The molecular weight excluding hydrogens is 274 g/mol. The SMILES string of the molecule is CN1C(=O)CC[C@]2(C)C3CC[C@]4(C)CC(=O)CC4C3CCC12. The molecular formula is C19H29NO2. The smallest absolute Gasteiger partial charge is 0.222 e. The summed E-state index contributed by atoms with van der Waals surface area (Å²) in [6, 6.07) is 0.427. The minimum atomic E-state index is 0.276. The number of Topliss-reactive ketones (excluding diaryl/α,β-unsaturated/α-hetero) is 1. The number of fused-ring (bicyclic) bond motifs is 5. The number of rotatable bonds is 0. The monoisotopic (exact) mass is 303 g/mol. The van der Waals surface area contributed by atoms with Crippen LogP contribution in [0.5, 0.6) is 0 Å². The van der Waals surface area contributed by atoms with Crippen LogP contribution in [0.1, 0.15) is 65.2 Å². The first-order valence-electron chi connectivity index (χ1n) is 9.12. The second-order valence-corrected chi connectivity index (χ2v) is 9.09. The molecule has 122 valence electrons. The number of piperidine rings is 1. The fraction of sp³-hybridized carbons (Fsp3) is 0.895. The number of hydrogen-bond donors (Lipinski definition) is 0. The molecule has 1 saturated heterocycles. The molecule has 0 radical (unpaired) electrons. The molecule has 0 aromatic heterocycles. The van der Waals surface area contributed by atoms with Crippen molar-refractivity contribution in [3.63, 3.8) is 0 Å². The molecule has 0 N–H and O–H groups in total. The van der Waals surface area contributed by atoms with Gasteiger partial charge in [0.15, 0.2) is 0 Å². The Morgan fingerprint density at radius 3 is 2.59 bits per heavy atom. The fourth-order valence-electron chi connectivity index (χ4n) is 6.93. The van der Waals surface area contributed by atoms with E-state index in [1.807, 2.05) is 11.9 Å². The van der Waals surface area contributed by atoms with Crippen LogP contribution in [-0.4, -0.2) is 29.7 Å². The van der Waals surface area contributed by atoms with E-state index in [0.29, 0.717) is 41.9 Å². The molecule has 3 aliphatic carbocycles. The highest BCUT2D eigenvalue weighted by molar-refractivity contribution is 5.82. The van der Waals surface area contributed by atoms with Gasteiger partial charge in [-0.05, 0) is 60.7 Å². The molecule has 0 aromatic rings. The topological polar surface area (TPSA) is 37.4 Å². The lowest BCUT2D eigenvalue weighted by Gasteiger charge is -2.61. The van der Waals surface area contributed by atoms with Crippen molar-refractivity contribution in [2.75, 3.05) is 7.05 Å². The molecule has 0 aromatic carbocycles. The van der Waals surface area contributed by atoms with Crippen molar-refractivity contribution in [2.24, 2.45) is 28.6 Å². The lowest BCUT2D eigenvalue weighted by atomic mass is 9.47. The van der Waals surface area contributed by atoms with Crippen LogP contribution in [0.15, 0.2) is 0 Å². The van der Waals surface area contributed by atoms with Crippen molar-refractivity contribution in [1.29, 1.82) is 0 Å². The van der Waals surface area contributed by atoms with E-state index in [4.69, 9.17) is 0 Å². The van der Waals surface area contributed by atoms with Crippen molar-refractivity contribution in [3.8, 4) is 0 Å². The Hall–Kier alpha value is -0.860. The molecule has 1 heterocycles. The molecule has 3 saturated carbocycles. The van der Waals surface area contributed by atoms with Crippen LogP contribution in [0, 0.1) is 28.6 Å². The molecule has 4 unspecified atom stereocenters. The van der Waals surface area contributed by atoms with Crippen LogP contribution >= 0.6 is 0 Å². The summed E-state index contributed by atoms with van der Waals surface area (Å²) in [7, 11) is 2.01. The Labute approximate surface area is 133 Å². The van der Waals surface area contributed by atoms with Gasteiger partial charge in [0.2, 0.25) is 5.91 Å². The van der Waals surface area contributed by atoms with Crippen LogP contribution < -0.4 is 0 Å². The first kappa shape index (κ1) is 14.7. The number of carbonyl (C=O) groups is 2. The summed E-state index contributed by atoms with van der Waals surface area (Å²) in [6.45, 7) is 4.81. The predicted molar refractivity (Wildman–Crippen MR) is 85.2 cm³/mol. The summed E-state index contributed by atoms with van der Waals surface area (Å²) < 4.78 is 0. The van der Waals surface area contributed by atoms with Gasteiger partial charge in [0.1, 0.15) is 5.78 Å². The molecule has 0 bridgehead atoms. The number of amides is 1. The number of nitrogens with zero attached hydrogens (tertiary/aromatic N) is 1.